The van der Waals surface area contributed by atoms with E-state index < -0.39 is 34.7 Å². The van der Waals surface area contributed by atoms with Crippen molar-refractivity contribution in [2.75, 3.05) is 32.7 Å². The summed E-state index contributed by atoms with van der Waals surface area (Å²) in [6.45, 7) is 4.93. The Morgan fingerprint density at radius 1 is 1.03 bits per heavy atom. The Bertz CT molecular complexity index is 737. The van der Waals surface area contributed by atoms with Gasteiger partial charge in [-0.2, -0.15) is 13.2 Å². The van der Waals surface area contributed by atoms with Crippen LogP contribution in [0.15, 0.2) is 18.2 Å². The molecule has 1 heterocycles. The van der Waals surface area contributed by atoms with Gasteiger partial charge in [-0.15, -0.1) is 0 Å². The minimum Gasteiger partial charge on any atom is -0.355 e. The molecule has 0 bridgehead atoms. The maximum Gasteiger partial charge on any atom is 0.416 e. The van der Waals surface area contributed by atoms with E-state index in [0.29, 0.717) is 58.1 Å². The number of rotatable bonds is 8. The Kier molecular flexibility index (Phi) is 8.39. The number of hydrogen-bond donors (Lipinski definition) is 2. The molecule has 1 aliphatic heterocycles. The van der Waals surface area contributed by atoms with Crippen LogP contribution in [-0.2, 0) is 16.9 Å². The van der Waals surface area contributed by atoms with Crippen molar-refractivity contribution in [1.29, 1.82) is 0 Å². The fourth-order valence-corrected chi connectivity index (χ4v) is 3.39. The van der Waals surface area contributed by atoms with E-state index in [1.807, 2.05) is 11.8 Å². The molecule has 1 aromatic carbocycles. The molecule has 2 amide bonds. The summed E-state index contributed by atoms with van der Waals surface area (Å²) in [5.74, 6) is -4.27. The van der Waals surface area contributed by atoms with Crippen LogP contribution in [0.1, 0.15) is 54.6 Å². The molecule has 0 aromatic heterocycles. The van der Waals surface area contributed by atoms with Gasteiger partial charge in [0.25, 0.3) is 11.8 Å². The van der Waals surface area contributed by atoms with Crippen LogP contribution >= 0.6 is 0 Å². The van der Waals surface area contributed by atoms with Crippen LogP contribution < -0.4 is 10.6 Å². The van der Waals surface area contributed by atoms with Crippen LogP contribution in [0.2, 0.25) is 0 Å². The summed E-state index contributed by atoms with van der Waals surface area (Å²) < 4.78 is 66.4. The Morgan fingerprint density at radius 2 is 1.65 bits per heavy atom. The quantitative estimate of drug-likeness (QED) is 0.594. The molecule has 1 fully saturated rings. The van der Waals surface area contributed by atoms with E-state index in [1.165, 1.54) is 0 Å². The summed E-state index contributed by atoms with van der Waals surface area (Å²) >= 11 is 0. The van der Waals surface area contributed by atoms with E-state index in [0.717, 1.165) is 12.5 Å². The average molecular weight is 449 g/mol. The van der Waals surface area contributed by atoms with Gasteiger partial charge in [0.2, 0.25) is 5.91 Å². The number of nitrogens with zero attached hydrogens (tertiary/aromatic N) is 1. The third-order valence-corrected chi connectivity index (χ3v) is 5.23. The van der Waals surface area contributed by atoms with Crippen molar-refractivity contribution in [2.45, 2.75) is 45.2 Å². The predicted molar refractivity (Wildman–Crippen MR) is 106 cm³/mol. The first-order valence-electron chi connectivity index (χ1n) is 10.3. The zero-order chi connectivity index (χ0) is 23.2. The molecule has 10 heteroatoms. The third-order valence-electron chi connectivity index (χ3n) is 5.23. The smallest absolute Gasteiger partial charge is 0.355 e. The lowest BCUT2D eigenvalue weighted by Crippen LogP contribution is -2.43. The first-order chi connectivity index (χ1) is 14.4. The number of carbonyl (C=O) groups is 2. The lowest BCUT2D eigenvalue weighted by atomic mass is 9.96. The number of alkyl halides is 5. The Labute approximate surface area is 178 Å². The number of amides is 2. The molecule has 2 N–H and O–H groups in total. The second-order valence-electron chi connectivity index (χ2n) is 7.96. The number of piperidine rings is 1. The second-order valence-corrected chi connectivity index (χ2v) is 7.96. The van der Waals surface area contributed by atoms with Gasteiger partial charge in [-0.3, -0.25) is 14.5 Å². The fraction of sp³-hybridized carbons (Fsp3) is 0.619. The molecule has 1 saturated heterocycles. The molecule has 1 aliphatic rings. The number of carbonyl (C=O) groups excluding carboxylic acids is 2. The summed E-state index contributed by atoms with van der Waals surface area (Å²) in [6.07, 6.45) is -2.56. The summed E-state index contributed by atoms with van der Waals surface area (Å²) in [4.78, 5) is 26.2. The van der Waals surface area contributed by atoms with Gasteiger partial charge < -0.3 is 10.6 Å². The van der Waals surface area contributed by atoms with Crippen LogP contribution in [-0.4, -0.2) is 49.4 Å². The zero-order valence-electron chi connectivity index (χ0n) is 17.6. The molecule has 0 unspecified atom stereocenters. The molecule has 174 valence electrons. The van der Waals surface area contributed by atoms with Gasteiger partial charge >= 0.3 is 6.18 Å². The van der Waals surface area contributed by atoms with Crippen molar-refractivity contribution in [2.24, 2.45) is 5.92 Å². The lowest BCUT2D eigenvalue weighted by molar-refractivity contribution is -0.137. The minimum absolute atomic E-state index is 0.0401. The van der Waals surface area contributed by atoms with Crippen LogP contribution in [0.25, 0.3) is 0 Å². The molecular formula is C21H28F5N3O2. The van der Waals surface area contributed by atoms with Gasteiger partial charge in [-0.1, -0.05) is 6.92 Å². The SMILES string of the molecule is CCCNC(=O)CN1CCC(CNC(=O)c2cc(C(C)(F)F)cc(C(F)(F)F)c2)CC1. The molecule has 2 rings (SSSR count). The number of likely N-dealkylation sites (tertiary alicyclic amines) is 1. The van der Waals surface area contributed by atoms with E-state index in [4.69, 9.17) is 0 Å². The van der Waals surface area contributed by atoms with E-state index >= 15 is 0 Å². The normalized spacial score (nSPS) is 16.2. The Balaban J connectivity index is 1.92. The summed E-state index contributed by atoms with van der Waals surface area (Å²) in [7, 11) is 0. The lowest BCUT2D eigenvalue weighted by Gasteiger charge is -2.31. The van der Waals surface area contributed by atoms with Crippen molar-refractivity contribution in [1.82, 2.24) is 15.5 Å². The highest BCUT2D eigenvalue weighted by molar-refractivity contribution is 5.94. The number of nitrogens with one attached hydrogen (secondary N) is 2. The standard InChI is InChI=1S/C21H28F5N3O2/c1-3-6-27-18(30)13-29-7-4-14(5-8-29)12-28-19(31)15-9-16(20(2,22)23)11-17(10-15)21(24,25)26/h9-11,14H,3-8,12-13H2,1-2H3,(H,27,30)(H,28,31). The topological polar surface area (TPSA) is 61.4 Å². The average Bonchev–Trinajstić information content (AvgIpc) is 2.70. The van der Waals surface area contributed by atoms with Crippen LogP contribution in [0, 0.1) is 5.92 Å². The highest BCUT2D eigenvalue weighted by atomic mass is 19.4. The van der Waals surface area contributed by atoms with E-state index in [1.54, 1.807) is 0 Å². The Hall–Kier alpha value is -2.23. The Morgan fingerprint density at radius 3 is 2.19 bits per heavy atom. The first kappa shape index (κ1) is 25.0. The van der Waals surface area contributed by atoms with Gasteiger partial charge in [0, 0.05) is 31.1 Å². The number of hydrogen-bond acceptors (Lipinski definition) is 3. The van der Waals surface area contributed by atoms with Crippen molar-refractivity contribution in [3.8, 4) is 0 Å². The minimum atomic E-state index is -4.84. The summed E-state index contributed by atoms with van der Waals surface area (Å²) in [5.41, 5.74) is -2.59. The summed E-state index contributed by atoms with van der Waals surface area (Å²) in [6, 6.07) is 1.74. The maximum atomic E-state index is 13.6. The van der Waals surface area contributed by atoms with Crippen LogP contribution in [0.3, 0.4) is 0 Å². The molecule has 0 saturated carbocycles. The van der Waals surface area contributed by atoms with Crippen molar-refractivity contribution >= 4 is 11.8 Å². The van der Waals surface area contributed by atoms with Gasteiger partial charge in [-0.05, 0) is 56.5 Å². The molecule has 0 aliphatic carbocycles. The van der Waals surface area contributed by atoms with E-state index in [2.05, 4.69) is 10.6 Å². The van der Waals surface area contributed by atoms with Crippen molar-refractivity contribution in [3.05, 3.63) is 34.9 Å². The van der Waals surface area contributed by atoms with Crippen LogP contribution in [0.5, 0.6) is 0 Å². The predicted octanol–water partition coefficient (Wildman–Crippen LogP) is 3.79. The van der Waals surface area contributed by atoms with Crippen molar-refractivity contribution < 1.29 is 31.5 Å². The molecule has 31 heavy (non-hydrogen) atoms. The monoisotopic (exact) mass is 449 g/mol. The molecule has 0 atom stereocenters. The fourth-order valence-electron chi connectivity index (χ4n) is 3.39. The third kappa shape index (κ3) is 7.75. The number of benzene rings is 1. The van der Waals surface area contributed by atoms with Gasteiger partial charge in [0.05, 0.1) is 12.1 Å². The van der Waals surface area contributed by atoms with Crippen molar-refractivity contribution in [3.63, 3.8) is 0 Å². The second kappa shape index (κ2) is 10.4. The molecule has 0 spiro atoms. The first-order valence-corrected chi connectivity index (χ1v) is 10.3. The number of halogens is 5. The highest BCUT2D eigenvalue weighted by Gasteiger charge is 2.35. The molecule has 1 aromatic rings. The van der Waals surface area contributed by atoms with E-state index in [9.17, 15) is 31.5 Å². The summed E-state index contributed by atoms with van der Waals surface area (Å²) in [5, 5.41) is 5.37. The van der Waals surface area contributed by atoms with Gasteiger partial charge in [0.1, 0.15) is 0 Å². The molecule has 5 nitrogen and oxygen atoms in total. The molecular weight excluding hydrogens is 421 g/mol. The highest BCUT2D eigenvalue weighted by Crippen LogP contribution is 2.35. The van der Waals surface area contributed by atoms with Crippen LogP contribution in [0.4, 0.5) is 22.0 Å². The largest absolute Gasteiger partial charge is 0.416 e. The zero-order valence-corrected chi connectivity index (χ0v) is 17.6. The molecule has 0 radical (unpaired) electrons. The maximum absolute atomic E-state index is 13.6. The van der Waals surface area contributed by atoms with E-state index in [-0.39, 0.29) is 18.4 Å². The van der Waals surface area contributed by atoms with Gasteiger partial charge in [-0.25, -0.2) is 8.78 Å². The van der Waals surface area contributed by atoms with Gasteiger partial charge in [0.15, 0.2) is 0 Å².